The molecule has 4 N–H and O–H groups in total. The van der Waals surface area contributed by atoms with Crippen molar-refractivity contribution < 1.29 is 20.4 Å². The van der Waals surface area contributed by atoms with E-state index in [9.17, 15) is 20.4 Å². The molecule has 0 aliphatic carbocycles. The van der Waals surface area contributed by atoms with Gasteiger partial charge in [0.25, 0.3) is 0 Å². The highest BCUT2D eigenvalue weighted by molar-refractivity contribution is 5.68. The molecule has 168 valence electrons. The third-order valence-electron chi connectivity index (χ3n) is 4.20. The molecule has 0 radical (unpaired) electrons. The van der Waals surface area contributed by atoms with Crippen molar-refractivity contribution in [3.05, 3.63) is 47.0 Å². The first kappa shape index (κ1) is 24.9. The van der Waals surface area contributed by atoms with Crippen molar-refractivity contribution in [2.24, 2.45) is 10.2 Å². The number of phenols is 2. The predicted molar refractivity (Wildman–Crippen MR) is 125 cm³/mol. The molecule has 0 aliphatic heterocycles. The van der Waals surface area contributed by atoms with Crippen LogP contribution in [0.4, 0.5) is 11.4 Å². The Balaban J connectivity index is 2.81. The van der Waals surface area contributed by atoms with Crippen LogP contribution in [0.3, 0.4) is 0 Å². The summed E-state index contributed by atoms with van der Waals surface area (Å²) in [6, 6.07) is 7.74. The van der Waals surface area contributed by atoms with Crippen molar-refractivity contribution >= 4 is 11.4 Å². The number of phenolic OH excluding ortho intramolecular Hbond substituents is 2. The van der Waals surface area contributed by atoms with Gasteiger partial charge in [0.1, 0.15) is 34.1 Å². The SMILES string of the molecule is CC(C)(O)C#Cc1cc(C(C)(C)C)cc(C#CC(C)(C)O)c1N=Nc1ccc(O)cc1O. The second kappa shape index (κ2) is 9.04. The van der Waals surface area contributed by atoms with Crippen LogP contribution in [-0.2, 0) is 5.41 Å². The Morgan fingerprint density at radius 2 is 1.22 bits per heavy atom. The van der Waals surface area contributed by atoms with Crippen LogP contribution in [0.5, 0.6) is 11.5 Å². The highest BCUT2D eigenvalue weighted by atomic mass is 16.3. The van der Waals surface area contributed by atoms with Gasteiger partial charge >= 0.3 is 0 Å². The van der Waals surface area contributed by atoms with Crippen LogP contribution >= 0.6 is 0 Å². The molecule has 0 saturated heterocycles. The minimum atomic E-state index is -1.22. The van der Waals surface area contributed by atoms with E-state index in [0.29, 0.717) is 16.8 Å². The van der Waals surface area contributed by atoms with E-state index in [1.54, 1.807) is 27.7 Å². The van der Waals surface area contributed by atoms with Crippen LogP contribution in [0.1, 0.15) is 65.2 Å². The molecule has 2 aromatic carbocycles. The van der Waals surface area contributed by atoms with E-state index in [4.69, 9.17) is 0 Å². The van der Waals surface area contributed by atoms with Gasteiger partial charge in [0.15, 0.2) is 0 Å². The highest BCUT2D eigenvalue weighted by Crippen LogP contribution is 2.35. The standard InChI is InChI=1S/C26H30N2O4/c1-24(2,3)19-14-17(10-12-25(4,5)31)23(18(15-19)11-13-26(6,7)32)28-27-21-9-8-20(29)16-22(21)30/h8-9,14-16,29-32H,1-7H3. The molecule has 32 heavy (non-hydrogen) atoms. The monoisotopic (exact) mass is 434 g/mol. The van der Waals surface area contributed by atoms with Gasteiger partial charge in [0.2, 0.25) is 0 Å². The van der Waals surface area contributed by atoms with Crippen LogP contribution < -0.4 is 0 Å². The van der Waals surface area contributed by atoms with Gasteiger partial charge in [-0.05, 0) is 62.9 Å². The zero-order valence-corrected chi connectivity index (χ0v) is 19.6. The Morgan fingerprint density at radius 3 is 1.62 bits per heavy atom. The summed E-state index contributed by atoms with van der Waals surface area (Å²) < 4.78 is 0. The molecular weight excluding hydrogens is 404 g/mol. The number of azo groups is 1. The van der Waals surface area contributed by atoms with E-state index < -0.39 is 11.2 Å². The van der Waals surface area contributed by atoms with Gasteiger partial charge < -0.3 is 20.4 Å². The highest BCUT2D eigenvalue weighted by Gasteiger charge is 2.19. The van der Waals surface area contributed by atoms with E-state index in [0.717, 1.165) is 5.56 Å². The zero-order valence-electron chi connectivity index (χ0n) is 19.6. The fourth-order valence-corrected chi connectivity index (χ4v) is 2.51. The topological polar surface area (TPSA) is 106 Å². The van der Waals surface area contributed by atoms with Crippen LogP contribution in [0, 0.1) is 23.7 Å². The number of nitrogens with zero attached hydrogens (tertiary/aromatic N) is 2. The fraction of sp³-hybridized carbons (Fsp3) is 0.385. The van der Waals surface area contributed by atoms with Gasteiger partial charge in [-0.1, -0.05) is 44.5 Å². The Kier molecular flexibility index (Phi) is 7.05. The lowest BCUT2D eigenvalue weighted by Crippen LogP contribution is -2.15. The maximum Gasteiger partial charge on any atom is 0.146 e. The number of hydrogen-bond donors (Lipinski definition) is 4. The minimum Gasteiger partial charge on any atom is -0.508 e. The van der Waals surface area contributed by atoms with Gasteiger partial charge in [-0.3, -0.25) is 0 Å². The minimum absolute atomic E-state index is 0.0931. The van der Waals surface area contributed by atoms with Crippen LogP contribution in [-0.4, -0.2) is 31.6 Å². The molecule has 0 spiro atoms. The van der Waals surface area contributed by atoms with Crippen molar-refractivity contribution in [2.75, 3.05) is 0 Å². The number of hydrogen-bond acceptors (Lipinski definition) is 6. The second-order valence-electron chi connectivity index (χ2n) is 9.66. The third-order valence-corrected chi connectivity index (χ3v) is 4.20. The first-order chi connectivity index (χ1) is 14.5. The lowest BCUT2D eigenvalue weighted by Gasteiger charge is -2.21. The summed E-state index contributed by atoms with van der Waals surface area (Å²) in [6.07, 6.45) is 0. The average Bonchev–Trinajstić information content (AvgIpc) is 2.62. The van der Waals surface area contributed by atoms with E-state index in [2.05, 4.69) is 54.7 Å². The summed E-state index contributed by atoms with van der Waals surface area (Å²) in [5.74, 6) is 11.2. The Bertz CT molecular complexity index is 1100. The number of rotatable bonds is 2. The van der Waals surface area contributed by atoms with E-state index in [1.807, 2.05) is 12.1 Å². The van der Waals surface area contributed by atoms with Gasteiger partial charge in [-0.2, -0.15) is 0 Å². The summed E-state index contributed by atoms with van der Waals surface area (Å²) in [6.45, 7) is 12.5. The number of aromatic hydroxyl groups is 2. The smallest absolute Gasteiger partial charge is 0.146 e. The first-order valence-electron chi connectivity index (χ1n) is 10.2. The van der Waals surface area contributed by atoms with Crippen LogP contribution in [0.25, 0.3) is 0 Å². The second-order valence-corrected chi connectivity index (χ2v) is 9.66. The summed E-state index contributed by atoms with van der Waals surface area (Å²) in [5, 5.41) is 48.2. The lowest BCUT2D eigenvalue weighted by atomic mass is 9.84. The normalized spacial score (nSPS) is 12.2. The molecular formula is C26H30N2O4. The molecule has 6 nitrogen and oxygen atoms in total. The number of benzene rings is 2. The quantitative estimate of drug-likeness (QED) is 0.392. The molecule has 0 bridgehead atoms. The van der Waals surface area contributed by atoms with Crippen molar-refractivity contribution in [1.29, 1.82) is 0 Å². The van der Waals surface area contributed by atoms with Gasteiger partial charge in [0.05, 0.1) is 11.1 Å². The van der Waals surface area contributed by atoms with Crippen molar-refractivity contribution in [1.82, 2.24) is 0 Å². The zero-order chi connectivity index (χ0) is 24.3. The first-order valence-corrected chi connectivity index (χ1v) is 10.2. The van der Waals surface area contributed by atoms with Gasteiger partial charge in [0, 0.05) is 6.07 Å². The van der Waals surface area contributed by atoms with E-state index in [-0.39, 0.29) is 22.6 Å². The van der Waals surface area contributed by atoms with Gasteiger partial charge in [-0.25, -0.2) is 0 Å². The molecule has 0 unspecified atom stereocenters. The molecule has 0 heterocycles. The maximum absolute atomic E-state index is 10.1. The summed E-state index contributed by atoms with van der Waals surface area (Å²) in [4.78, 5) is 0. The van der Waals surface area contributed by atoms with Crippen molar-refractivity contribution in [3.8, 4) is 35.2 Å². The fourth-order valence-electron chi connectivity index (χ4n) is 2.51. The molecule has 6 heteroatoms. The summed E-state index contributed by atoms with van der Waals surface area (Å²) in [7, 11) is 0. The number of aliphatic hydroxyl groups is 2. The molecule has 0 amide bonds. The van der Waals surface area contributed by atoms with Crippen LogP contribution in [0.2, 0.25) is 0 Å². The molecule has 0 fully saturated rings. The van der Waals surface area contributed by atoms with E-state index >= 15 is 0 Å². The Hall–Kier alpha value is -3.32. The van der Waals surface area contributed by atoms with Crippen molar-refractivity contribution in [3.63, 3.8) is 0 Å². The molecule has 0 saturated carbocycles. The molecule has 2 rings (SSSR count). The van der Waals surface area contributed by atoms with Crippen molar-refractivity contribution in [2.45, 2.75) is 65.1 Å². The van der Waals surface area contributed by atoms with Crippen LogP contribution in [0.15, 0.2) is 40.6 Å². The third kappa shape index (κ3) is 7.42. The summed E-state index contributed by atoms with van der Waals surface area (Å²) in [5.41, 5.74) is -0.210. The lowest BCUT2D eigenvalue weighted by molar-refractivity contribution is 0.143. The predicted octanol–water partition coefficient (Wildman–Crippen LogP) is 5.06. The Labute approximate surface area is 189 Å². The molecule has 0 aromatic heterocycles. The van der Waals surface area contributed by atoms with Gasteiger partial charge in [-0.15, -0.1) is 10.2 Å². The Morgan fingerprint density at radius 1 is 0.719 bits per heavy atom. The summed E-state index contributed by atoms with van der Waals surface area (Å²) >= 11 is 0. The van der Waals surface area contributed by atoms with E-state index in [1.165, 1.54) is 18.2 Å². The molecule has 0 aliphatic rings. The molecule has 0 atom stereocenters. The largest absolute Gasteiger partial charge is 0.508 e. The maximum atomic E-state index is 10.1. The average molecular weight is 435 g/mol. The molecule has 2 aromatic rings.